The number of rotatable bonds is 6. The summed E-state index contributed by atoms with van der Waals surface area (Å²) in [7, 11) is 0. The van der Waals surface area contributed by atoms with E-state index in [0.717, 1.165) is 0 Å². The lowest BCUT2D eigenvalue weighted by molar-refractivity contribution is 0.0496. The van der Waals surface area contributed by atoms with Crippen molar-refractivity contribution in [3.63, 3.8) is 0 Å². The zero-order chi connectivity index (χ0) is 28.7. The van der Waals surface area contributed by atoms with Crippen molar-refractivity contribution in [2.45, 2.75) is 71.2 Å². The summed E-state index contributed by atoms with van der Waals surface area (Å²) in [6.07, 6.45) is 2.35. The fraction of sp³-hybridized carbons (Fsp3) is 0.481. The number of carbonyl (C=O) groups excluding carboxylic acids is 2. The molecule has 0 radical (unpaired) electrons. The number of halogens is 2. The van der Waals surface area contributed by atoms with Gasteiger partial charge in [0.25, 0.3) is 0 Å². The van der Waals surface area contributed by atoms with Crippen LogP contribution in [0.4, 0.5) is 15.0 Å². The lowest BCUT2D eigenvalue weighted by atomic mass is 9.98. The number of benzene rings is 1. The Kier molecular flexibility index (Phi) is 7.77. The maximum absolute atomic E-state index is 15.4. The van der Waals surface area contributed by atoms with Crippen molar-refractivity contribution in [3.05, 3.63) is 40.9 Å². The Bertz CT molecular complexity index is 1400. The van der Waals surface area contributed by atoms with Gasteiger partial charge in [-0.3, -0.25) is 9.48 Å². The van der Waals surface area contributed by atoms with E-state index in [2.05, 4.69) is 15.4 Å². The molecule has 0 bridgehead atoms. The Labute approximate surface area is 231 Å². The molecule has 39 heavy (non-hydrogen) atoms. The Morgan fingerprint density at radius 3 is 2.46 bits per heavy atom. The minimum absolute atomic E-state index is 0.0427. The van der Waals surface area contributed by atoms with E-state index >= 15 is 4.39 Å². The summed E-state index contributed by atoms with van der Waals surface area (Å²) >= 11 is 6.57. The first-order chi connectivity index (χ1) is 18.1. The number of fused-ring (bicyclic) bond motifs is 1. The number of nitrogens with one attached hydrogen (secondary N) is 1. The third-order valence-electron chi connectivity index (χ3n) is 6.30. The number of alkyl carbamates (subject to hydrolysis) is 1. The fourth-order valence-electron chi connectivity index (χ4n) is 4.63. The van der Waals surface area contributed by atoms with Gasteiger partial charge >= 0.3 is 6.09 Å². The molecule has 1 aliphatic rings. The molecular weight excluding hydrogens is 527 g/mol. The van der Waals surface area contributed by atoms with Crippen LogP contribution in [0, 0.1) is 5.82 Å². The Hall–Kier alpha value is -3.44. The van der Waals surface area contributed by atoms with E-state index in [9.17, 15) is 14.7 Å². The number of piperidine rings is 1. The van der Waals surface area contributed by atoms with Crippen molar-refractivity contribution < 1.29 is 23.8 Å². The van der Waals surface area contributed by atoms with E-state index < -0.39 is 29.0 Å². The van der Waals surface area contributed by atoms with E-state index in [1.165, 1.54) is 16.8 Å². The van der Waals surface area contributed by atoms with Crippen molar-refractivity contribution in [1.82, 2.24) is 20.1 Å². The van der Waals surface area contributed by atoms with Crippen LogP contribution in [0.1, 0.15) is 57.8 Å². The summed E-state index contributed by atoms with van der Waals surface area (Å²) in [4.78, 5) is 31.0. The van der Waals surface area contributed by atoms with Crippen LogP contribution < -0.4 is 16.0 Å². The number of hydrogen-bond donors (Lipinski definition) is 3. The smallest absolute Gasteiger partial charge is 0.407 e. The molecule has 0 saturated carbocycles. The van der Waals surface area contributed by atoms with E-state index in [0.29, 0.717) is 42.7 Å². The van der Waals surface area contributed by atoms with Gasteiger partial charge < -0.3 is 25.8 Å². The number of amides is 2. The van der Waals surface area contributed by atoms with Gasteiger partial charge in [-0.15, -0.1) is 0 Å². The molecular formula is C27H34ClFN6O4. The molecule has 1 aromatic carbocycles. The van der Waals surface area contributed by atoms with Crippen LogP contribution in [-0.2, 0) is 11.3 Å². The molecule has 12 heteroatoms. The van der Waals surface area contributed by atoms with E-state index in [-0.39, 0.29) is 34.4 Å². The SMILES string of the molecule is CC(C)(O)Cn1ncc2cc(-c3c(C(N)=O)cc(N4CCC(NC(=O)OC(C)(C)C)CC4)nc3Cl)c(F)cc21. The molecule has 0 aliphatic carbocycles. The number of nitrogens with two attached hydrogens (primary N) is 1. The molecule has 210 valence electrons. The number of ether oxygens (including phenoxy) is 1. The van der Waals surface area contributed by atoms with Gasteiger partial charge in [-0.1, -0.05) is 11.6 Å². The zero-order valence-electron chi connectivity index (χ0n) is 22.7. The number of pyridine rings is 1. The first-order valence-electron chi connectivity index (χ1n) is 12.7. The molecule has 1 aliphatic heterocycles. The molecule has 2 amide bonds. The van der Waals surface area contributed by atoms with Crippen LogP contribution in [-0.4, -0.2) is 62.2 Å². The lowest BCUT2D eigenvalue weighted by Crippen LogP contribution is -2.46. The second kappa shape index (κ2) is 10.6. The topological polar surface area (TPSA) is 136 Å². The predicted octanol–water partition coefficient (Wildman–Crippen LogP) is 4.25. The highest BCUT2D eigenvalue weighted by molar-refractivity contribution is 6.33. The average molecular weight is 561 g/mol. The number of hydrogen-bond acceptors (Lipinski definition) is 7. The quantitative estimate of drug-likeness (QED) is 0.383. The molecule has 1 fully saturated rings. The molecule has 3 heterocycles. The van der Waals surface area contributed by atoms with Gasteiger partial charge in [-0.2, -0.15) is 5.10 Å². The minimum Gasteiger partial charge on any atom is -0.444 e. The van der Waals surface area contributed by atoms with Crippen LogP contribution in [0.3, 0.4) is 0 Å². The minimum atomic E-state index is -1.05. The molecule has 2 aromatic heterocycles. The number of nitrogens with zero attached hydrogens (tertiary/aromatic N) is 4. The molecule has 4 rings (SSSR count). The van der Waals surface area contributed by atoms with Crippen molar-refractivity contribution >= 4 is 40.3 Å². The number of aromatic nitrogens is 3. The van der Waals surface area contributed by atoms with Gasteiger partial charge in [0.2, 0.25) is 5.91 Å². The van der Waals surface area contributed by atoms with Crippen LogP contribution >= 0.6 is 11.6 Å². The highest BCUT2D eigenvalue weighted by Crippen LogP contribution is 2.37. The molecule has 1 saturated heterocycles. The number of anilines is 1. The highest BCUT2D eigenvalue weighted by atomic mass is 35.5. The van der Waals surface area contributed by atoms with Crippen molar-refractivity contribution in [1.29, 1.82) is 0 Å². The summed E-state index contributed by atoms with van der Waals surface area (Å²) in [6.45, 7) is 9.94. The van der Waals surface area contributed by atoms with Crippen molar-refractivity contribution in [3.8, 4) is 11.1 Å². The van der Waals surface area contributed by atoms with Gasteiger partial charge in [-0.05, 0) is 59.6 Å². The van der Waals surface area contributed by atoms with Crippen LogP contribution in [0.25, 0.3) is 22.0 Å². The standard InChI is InChI=1S/C27H34ClFN6O4/c1-26(2,3)39-25(37)32-16-6-8-34(9-7-16)21-11-18(24(30)36)22(23(28)33-21)17-10-15-13-31-35(14-27(4,5)38)20(15)12-19(17)29/h10-13,16,38H,6-9,14H2,1-5H3,(H2,30,36)(H,32,37). The van der Waals surface area contributed by atoms with Crippen molar-refractivity contribution in [2.75, 3.05) is 18.0 Å². The third-order valence-corrected chi connectivity index (χ3v) is 6.58. The van der Waals surface area contributed by atoms with E-state index in [1.807, 2.05) is 4.90 Å². The third kappa shape index (κ3) is 6.77. The molecule has 0 spiro atoms. The maximum atomic E-state index is 15.4. The Morgan fingerprint density at radius 1 is 1.21 bits per heavy atom. The second-order valence-corrected chi connectivity index (χ2v) is 11.8. The van der Waals surface area contributed by atoms with Crippen LogP contribution in [0.2, 0.25) is 5.15 Å². The maximum Gasteiger partial charge on any atom is 0.407 e. The lowest BCUT2D eigenvalue weighted by Gasteiger charge is -2.34. The summed E-state index contributed by atoms with van der Waals surface area (Å²) < 4.78 is 22.3. The Balaban J connectivity index is 1.59. The van der Waals surface area contributed by atoms with Gasteiger partial charge in [0, 0.05) is 41.7 Å². The highest BCUT2D eigenvalue weighted by Gasteiger charge is 2.27. The average Bonchev–Trinajstić information content (AvgIpc) is 3.17. The molecule has 4 N–H and O–H groups in total. The largest absolute Gasteiger partial charge is 0.444 e. The first kappa shape index (κ1) is 28.6. The number of aliphatic hydroxyl groups is 1. The number of primary amides is 1. The van der Waals surface area contributed by atoms with E-state index in [1.54, 1.807) is 46.9 Å². The molecule has 10 nitrogen and oxygen atoms in total. The van der Waals surface area contributed by atoms with Crippen molar-refractivity contribution in [2.24, 2.45) is 5.73 Å². The zero-order valence-corrected chi connectivity index (χ0v) is 23.5. The first-order valence-corrected chi connectivity index (χ1v) is 13.1. The molecule has 0 unspecified atom stereocenters. The molecule has 0 atom stereocenters. The van der Waals surface area contributed by atoms with Gasteiger partial charge in [0.15, 0.2) is 0 Å². The Morgan fingerprint density at radius 2 is 1.87 bits per heavy atom. The van der Waals surface area contributed by atoms with Crippen LogP contribution in [0.15, 0.2) is 24.4 Å². The monoisotopic (exact) mass is 560 g/mol. The predicted molar refractivity (Wildman–Crippen MR) is 147 cm³/mol. The normalized spacial score (nSPS) is 15.0. The van der Waals surface area contributed by atoms with Gasteiger partial charge in [0.1, 0.15) is 22.4 Å². The summed E-state index contributed by atoms with van der Waals surface area (Å²) in [5.74, 6) is -0.963. The second-order valence-electron chi connectivity index (χ2n) is 11.5. The summed E-state index contributed by atoms with van der Waals surface area (Å²) in [5, 5.41) is 17.8. The van der Waals surface area contributed by atoms with Gasteiger partial charge in [0.05, 0.1) is 29.4 Å². The van der Waals surface area contributed by atoms with E-state index in [4.69, 9.17) is 22.1 Å². The van der Waals surface area contributed by atoms with Crippen LogP contribution in [0.5, 0.6) is 0 Å². The van der Waals surface area contributed by atoms with Gasteiger partial charge in [-0.25, -0.2) is 14.2 Å². The fourth-order valence-corrected chi connectivity index (χ4v) is 4.92. The summed E-state index contributed by atoms with van der Waals surface area (Å²) in [6, 6.07) is 4.29. The molecule has 3 aromatic rings. The number of carbonyl (C=O) groups is 2. The summed E-state index contributed by atoms with van der Waals surface area (Å²) in [5.41, 5.74) is 4.79.